The minimum Gasteiger partial charge on any atom is -0.396 e. The fraction of sp³-hybridized carbons (Fsp3) is 0.385. The molecule has 0 fully saturated rings. The third-order valence-corrected chi connectivity index (χ3v) is 4.87. The molecule has 0 radical (unpaired) electrons. The van der Waals surface area contributed by atoms with Crippen LogP contribution in [0.3, 0.4) is 0 Å². The Labute approximate surface area is 120 Å². The number of aliphatic hydroxyl groups excluding tert-OH is 1. The second-order valence-corrected chi connectivity index (χ2v) is 6.70. The number of aliphatic hydroxyl groups is 1. The molecule has 0 aliphatic rings. The molecule has 0 bridgehead atoms. The Kier molecular flexibility index (Phi) is 5.66. The van der Waals surface area contributed by atoms with Gasteiger partial charge >= 0.3 is 0 Å². The lowest BCUT2D eigenvalue weighted by Gasteiger charge is -2.15. The zero-order valence-corrected chi connectivity index (χ0v) is 12.3. The summed E-state index contributed by atoms with van der Waals surface area (Å²) in [5.74, 6) is 0. The van der Waals surface area contributed by atoms with E-state index in [9.17, 15) is 0 Å². The molecule has 2 heterocycles. The largest absolute Gasteiger partial charge is 0.396 e. The second-order valence-electron chi connectivity index (χ2n) is 3.98. The molecule has 0 amide bonds. The summed E-state index contributed by atoms with van der Waals surface area (Å²) in [5.41, 5.74) is 0. The van der Waals surface area contributed by atoms with E-state index < -0.39 is 0 Å². The standard InChI is InChI=1S/C13H16ClNOS2/c14-12-6-5-11(18-12)13(10-4-3-9-17-10)15-7-1-2-8-16/h3-6,9,13,15-16H,1-2,7-8H2. The van der Waals surface area contributed by atoms with E-state index in [1.54, 1.807) is 22.7 Å². The van der Waals surface area contributed by atoms with Gasteiger partial charge in [0.05, 0.1) is 10.4 Å². The topological polar surface area (TPSA) is 32.3 Å². The molecule has 1 atom stereocenters. The molecule has 2 rings (SSSR count). The number of hydrogen-bond donors (Lipinski definition) is 2. The first-order valence-electron chi connectivity index (χ1n) is 5.94. The van der Waals surface area contributed by atoms with E-state index in [4.69, 9.17) is 16.7 Å². The third kappa shape index (κ3) is 3.80. The minimum absolute atomic E-state index is 0.223. The zero-order chi connectivity index (χ0) is 12.8. The molecule has 0 aliphatic carbocycles. The van der Waals surface area contributed by atoms with E-state index in [0.29, 0.717) is 0 Å². The molecule has 0 saturated carbocycles. The average molecular weight is 302 g/mol. The van der Waals surface area contributed by atoms with Gasteiger partial charge in [-0.15, -0.1) is 22.7 Å². The Morgan fingerprint density at radius 1 is 1.22 bits per heavy atom. The predicted octanol–water partition coefficient (Wildman–Crippen LogP) is 3.91. The van der Waals surface area contributed by atoms with Crippen LogP contribution in [0.2, 0.25) is 4.34 Å². The van der Waals surface area contributed by atoms with Crippen LogP contribution in [0.1, 0.15) is 28.6 Å². The third-order valence-electron chi connectivity index (χ3n) is 2.64. The number of hydrogen-bond acceptors (Lipinski definition) is 4. The highest BCUT2D eigenvalue weighted by Gasteiger charge is 2.16. The molecule has 0 saturated heterocycles. The maximum absolute atomic E-state index is 8.79. The molecule has 2 aromatic rings. The van der Waals surface area contributed by atoms with E-state index in [1.807, 2.05) is 6.07 Å². The van der Waals surface area contributed by atoms with E-state index in [2.05, 4.69) is 28.9 Å². The van der Waals surface area contributed by atoms with Crippen molar-refractivity contribution in [3.63, 3.8) is 0 Å². The summed E-state index contributed by atoms with van der Waals surface area (Å²) in [7, 11) is 0. The van der Waals surface area contributed by atoms with Crippen molar-refractivity contribution in [2.24, 2.45) is 0 Å². The molecular formula is C13H16ClNOS2. The number of rotatable bonds is 7. The first kappa shape index (κ1) is 14.0. The molecule has 0 aromatic carbocycles. The molecule has 0 aliphatic heterocycles. The minimum atomic E-state index is 0.223. The van der Waals surface area contributed by atoms with Crippen LogP contribution in [0.15, 0.2) is 29.6 Å². The Morgan fingerprint density at radius 2 is 2.11 bits per heavy atom. The Bertz CT molecular complexity index is 455. The van der Waals surface area contributed by atoms with Crippen LogP contribution in [0.25, 0.3) is 0 Å². The van der Waals surface area contributed by atoms with Gasteiger partial charge in [0.25, 0.3) is 0 Å². The summed E-state index contributed by atoms with van der Waals surface area (Å²) >= 11 is 9.38. The van der Waals surface area contributed by atoms with E-state index in [1.165, 1.54) is 9.75 Å². The van der Waals surface area contributed by atoms with Gasteiger partial charge in [-0.05, 0) is 43.0 Å². The molecule has 2 N–H and O–H groups in total. The molecule has 18 heavy (non-hydrogen) atoms. The molecular weight excluding hydrogens is 286 g/mol. The first-order chi connectivity index (χ1) is 8.81. The average Bonchev–Trinajstić information content (AvgIpc) is 3.01. The summed E-state index contributed by atoms with van der Waals surface area (Å²) in [6.45, 7) is 1.16. The first-order valence-corrected chi connectivity index (χ1v) is 8.01. The normalized spacial score (nSPS) is 12.8. The van der Waals surface area contributed by atoms with Crippen molar-refractivity contribution in [2.45, 2.75) is 18.9 Å². The quantitative estimate of drug-likeness (QED) is 0.760. The van der Waals surface area contributed by atoms with Crippen molar-refractivity contribution in [1.82, 2.24) is 5.32 Å². The summed E-state index contributed by atoms with van der Waals surface area (Å²) in [6, 6.07) is 8.45. The number of unbranched alkanes of at least 4 members (excludes halogenated alkanes) is 1. The highest BCUT2D eigenvalue weighted by Crippen LogP contribution is 2.32. The molecule has 5 heteroatoms. The fourth-order valence-corrected chi connectivity index (χ4v) is 3.81. The highest BCUT2D eigenvalue weighted by atomic mass is 35.5. The van der Waals surface area contributed by atoms with Gasteiger partial charge in [0, 0.05) is 16.4 Å². The van der Waals surface area contributed by atoms with Crippen LogP contribution in [-0.4, -0.2) is 18.3 Å². The van der Waals surface area contributed by atoms with Gasteiger partial charge in [-0.25, -0.2) is 0 Å². The SMILES string of the molecule is OCCCCNC(c1cccs1)c1ccc(Cl)s1. The summed E-state index contributed by atoms with van der Waals surface area (Å²) in [4.78, 5) is 2.55. The molecule has 0 spiro atoms. The van der Waals surface area contributed by atoms with E-state index in [-0.39, 0.29) is 12.6 Å². The van der Waals surface area contributed by atoms with Crippen LogP contribution in [0, 0.1) is 0 Å². The van der Waals surface area contributed by atoms with Crippen molar-refractivity contribution >= 4 is 34.3 Å². The van der Waals surface area contributed by atoms with Gasteiger partial charge in [0.1, 0.15) is 0 Å². The van der Waals surface area contributed by atoms with Crippen molar-refractivity contribution in [1.29, 1.82) is 0 Å². The molecule has 2 aromatic heterocycles. The monoisotopic (exact) mass is 301 g/mol. The van der Waals surface area contributed by atoms with Crippen LogP contribution < -0.4 is 5.32 Å². The van der Waals surface area contributed by atoms with Crippen LogP contribution in [-0.2, 0) is 0 Å². The predicted molar refractivity (Wildman–Crippen MR) is 79.8 cm³/mol. The fourth-order valence-electron chi connectivity index (χ4n) is 1.76. The van der Waals surface area contributed by atoms with Gasteiger partial charge in [0.2, 0.25) is 0 Å². The van der Waals surface area contributed by atoms with E-state index >= 15 is 0 Å². The van der Waals surface area contributed by atoms with Crippen LogP contribution >= 0.6 is 34.3 Å². The second kappa shape index (κ2) is 7.26. The van der Waals surface area contributed by atoms with Crippen molar-refractivity contribution < 1.29 is 5.11 Å². The van der Waals surface area contributed by atoms with Gasteiger partial charge in [0.15, 0.2) is 0 Å². The lowest BCUT2D eigenvalue weighted by Crippen LogP contribution is -2.22. The van der Waals surface area contributed by atoms with Crippen molar-refractivity contribution in [3.8, 4) is 0 Å². The summed E-state index contributed by atoms with van der Waals surface area (Å²) in [5, 5.41) is 14.4. The zero-order valence-electron chi connectivity index (χ0n) is 9.93. The van der Waals surface area contributed by atoms with Crippen LogP contribution in [0.4, 0.5) is 0 Å². The Hall–Kier alpha value is -0.390. The molecule has 98 valence electrons. The lowest BCUT2D eigenvalue weighted by molar-refractivity contribution is 0.283. The van der Waals surface area contributed by atoms with Gasteiger partial charge < -0.3 is 10.4 Å². The lowest BCUT2D eigenvalue weighted by atomic mass is 10.2. The Balaban J connectivity index is 2.04. The summed E-state index contributed by atoms with van der Waals surface area (Å²) < 4.78 is 0.823. The highest BCUT2D eigenvalue weighted by molar-refractivity contribution is 7.16. The number of nitrogens with one attached hydrogen (secondary N) is 1. The maximum atomic E-state index is 8.79. The number of halogens is 1. The maximum Gasteiger partial charge on any atom is 0.0931 e. The number of thiophene rings is 2. The van der Waals surface area contributed by atoms with Crippen molar-refractivity contribution in [2.75, 3.05) is 13.2 Å². The van der Waals surface area contributed by atoms with Crippen LogP contribution in [0.5, 0.6) is 0 Å². The molecule has 2 nitrogen and oxygen atoms in total. The van der Waals surface area contributed by atoms with Crippen molar-refractivity contribution in [3.05, 3.63) is 43.7 Å². The van der Waals surface area contributed by atoms with Gasteiger partial charge in [-0.2, -0.15) is 0 Å². The summed E-state index contributed by atoms with van der Waals surface area (Å²) in [6.07, 6.45) is 1.83. The molecule has 1 unspecified atom stereocenters. The van der Waals surface area contributed by atoms with Gasteiger partial charge in [-0.1, -0.05) is 17.7 Å². The Morgan fingerprint density at radius 3 is 2.72 bits per heavy atom. The van der Waals surface area contributed by atoms with E-state index in [0.717, 1.165) is 23.7 Å². The smallest absolute Gasteiger partial charge is 0.0931 e. The van der Waals surface area contributed by atoms with Gasteiger partial charge in [-0.3, -0.25) is 0 Å².